The second kappa shape index (κ2) is 60.5. The minimum atomic E-state index is -4.96. The van der Waals surface area contributed by atoms with Gasteiger partial charge in [-0.05, 0) is 69.1 Å². The van der Waals surface area contributed by atoms with E-state index in [9.17, 15) is 43.2 Å². The van der Waals surface area contributed by atoms with E-state index >= 15 is 0 Å². The van der Waals surface area contributed by atoms with Crippen molar-refractivity contribution in [2.75, 3.05) is 39.6 Å². The molecule has 3 N–H and O–H groups in total. The molecule has 0 amide bonds. The van der Waals surface area contributed by atoms with Crippen LogP contribution in [0.15, 0.2) is 24.3 Å². The molecule has 0 aromatic carbocycles. The van der Waals surface area contributed by atoms with Crippen LogP contribution in [-0.4, -0.2) is 96.7 Å². The largest absolute Gasteiger partial charge is 0.472 e. The van der Waals surface area contributed by atoms with Gasteiger partial charge in [-0.1, -0.05) is 272 Å². The van der Waals surface area contributed by atoms with E-state index < -0.39 is 97.5 Å². The molecular weight excluding hydrogens is 1170 g/mol. The number of hydrogen-bond acceptors (Lipinski definition) is 15. The molecule has 0 fully saturated rings. The fourth-order valence-corrected chi connectivity index (χ4v) is 11.6. The third-order valence-corrected chi connectivity index (χ3v) is 17.4. The normalized spacial score (nSPS) is 14.4. The molecular formula is C70H132O17P2. The summed E-state index contributed by atoms with van der Waals surface area (Å²) in [5, 5.41) is 10.6. The Kier molecular flexibility index (Phi) is 58.8. The Hall–Kier alpha value is -2.46. The maximum atomic E-state index is 13.0. The molecule has 5 atom stereocenters. The first-order valence-electron chi connectivity index (χ1n) is 35.7. The van der Waals surface area contributed by atoms with Crippen LogP contribution in [0.25, 0.3) is 0 Å². The van der Waals surface area contributed by atoms with Crippen LogP contribution in [0, 0.1) is 17.8 Å². The molecule has 0 aliphatic rings. The van der Waals surface area contributed by atoms with Gasteiger partial charge in [0.15, 0.2) is 12.2 Å². The molecule has 0 aromatic rings. The fourth-order valence-electron chi connectivity index (χ4n) is 10.0. The molecule has 0 rings (SSSR count). The molecule has 0 aliphatic heterocycles. The summed E-state index contributed by atoms with van der Waals surface area (Å²) >= 11 is 0. The highest BCUT2D eigenvalue weighted by molar-refractivity contribution is 7.47. The summed E-state index contributed by atoms with van der Waals surface area (Å²) in [6.45, 7) is 11.7. The van der Waals surface area contributed by atoms with Gasteiger partial charge in [-0.3, -0.25) is 37.3 Å². The van der Waals surface area contributed by atoms with Crippen molar-refractivity contribution < 1.29 is 80.2 Å². The minimum Gasteiger partial charge on any atom is -0.462 e. The van der Waals surface area contributed by atoms with E-state index in [1.165, 1.54) is 116 Å². The molecule has 0 aromatic heterocycles. The molecule has 0 bridgehead atoms. The number of rotatable bonds is 66. The molecule has 3 unspecified atom stereocenters. The third kappa shape index (κ3) is 64.1. The number of unbranched alkanes of at least 4 members (excludes halogenated alkanes) is 31. The number of allylic oxidation sites excluding steroid dienone is 4. The second-order valence-electron chi connectivity index (χ2n) is 26.0. The Balaban J connectivity index is 5.27. The lowest BCUT2D eigenvalue weighted by Gasteiger charge is -2.21. The molecule has 0 spiro atoms. The van der Waals surface area contributed by atoms with Gasteiger partial charge in [0.25, 0.3) is 0 Å². The van der Waals surface area contributed by atoms with E-state index in [4.69, 9.17) is 37.0 Å². The van der Waals surface area contributed by atoms with Gasteiger partial charge in [-0.25, -0.2) is 9.13 Å². The highest BCUT2D eigenvalue weighted by Crippen LogP contribution is 2.45. The summed E-state index contributed by atoms with van der Waals surface area (Å²) in [6.07, 6.45) is 46.8. The minimum absolute atomic E-state index is 0.0837. The number of hydrogen-bond donors (Lipinski definition) is 3. The highest BCUT2D eigenvalue weighted by atomic mass is 31.2. The number of esters is 4. The maximum Gasteiger partial charge on any atom is 0.472 e. The van der Waals surface area contributed by atoms with Crippen LogP contribution < -0.4 is 0 Å². The van der Waals surface area contributed by atoms with E-state index in [1.54, 1.807) is 0 Å². The number of aliphatic hydroxyl groups excluding tert-OH is 1. The number of ether oxygens (including phenoxy) is 4. The highest BCUT2D eigenvalue weighted by Gasteiger charge is 2.30. The number of phosphoric ester groups is 2. The molecule has 0 saturated heterocycles. The Morgan fingerprint density at radius 2 is 0.607 bits per heavy atom. The van der Waals surface area contributed by atoms with Crippen LogP contribution in [0.1, 0.15) is 325 Å². The maximum absolute atomic E-state index is 13.0. The molecule has 0 saturated carbocycles. The fraction of sp³-hybridized carbons (Fsp3) is 0.886. The summed E-state index contributed by atoms with van der Waals surface area (Å²) in [5.41, 5.74) is 0. The molecule has 0 radical (unpaired) electrons. The summed E-state index contributed by atoms with van der Waals surface area (Å²) in [5.74, 6) is 0.00498. The predicted molar refractivity (Wildman–Crippen MR) is 358 cm³/mol. The first kappa shape index (κ1) is 86.5. The quantitative estimate of drug-likeness (QED) is 0.0169. The Bertz CT molecular complexity index is 1840. The lowest BCUT2D eigenvalue weighted by atomic mass is 10.0. The van der Waals surface area contributed by atoms with E-state index in [2.05, 4.69) is 72.8 Å². The van der Waals surface area contributed by atoms with Gasteiger partial charge in [0, 0.05) is 25.7 Å². The zero-order valence-electron chi connectivity index (χ0n) is 57.4. The molecule has 524 valence electrons. The summed E-state index contributed by atoms with van der Waals surface area (Å²) in [4.78, 5) is 72.5. The van der Waals surface area contributed by atoms with Crippen molar-refractivity contribution in [3.8, 4) is 0 Å². The van der Waals surface area contributed by atoms with Gasteiger partial charge < -0.3 is 33.8 Å². The van der Waals surface area contributed by atoms with Gasteiger partial charge in [0.05, 0.1) is 26.4 Å². The molecule has 17 nitrogen and oxygen atoms in total. The average molecular weight is 1310 g/mol. The van der Waals surface area contributed by atoms with Crippen molar-refractivity contribution in [2.45, 2.75) is 343 Å². The summed E-state index contributed by atoms with van der Waals surface area (Å²) < 4.78 is 68.2. The zero-order chi connectivity index (χ0) is 65.9. The number of aliphatic hydroxyl groups is 1. The smallest absolute Gasteiger partial charge is 0.462 e. The standard InChI is InChI=1S/C70H132O17P2/c1-8-9-10-11-12-13-14-15-16-17-20-24-31-39-46-53-69(74)86-65(58-81-68(73)52-45-38-32-25-28-35-42-49-62(4)5)59-84-88(76,77)82-55-64(71)56-83-89(78,79)85-60-66(87-70(75)54-47-40-33-26-29-36-43-50-63(6)7)57-80-67(72)51-44-37-30-23-21-18-19-22-27-34-41-48-61(2)3/h13-16,61-66,71H,8-12,17-60H2,1-7H3,(H,76,77)(H,78,79)/b14-13-,16-15-/t64?,65-,66-/m1/s1. The topological polar surface area (TPSA) is 237 Å². The van der Waals surface area contributed by atoms with E-state index in [1.807, 2.05) is 0 Å². The van der Waals surface area contributed by atoms with Crippen LogP contribution in [0.3, 0.4) is 0 Å². The van der Waals surface area contributed by atoms with Gasteiger partial charge >= 0.3 is 39.5 Å². The molecule has 0 heterocycles. The first-order chi connectivity index (χ1) is 42.7. The zero-order valence-corrected chi connectivity index (χ0v) is 59.2. The Morgan fingerprint density at radius 1 is 0.348 bits per heavy atom. The SMILES string of the molecule is CCCCCC/C=C\C=C/CCCCCCCC(=O)O[C@H](COC(=O)CCCCCCCCCC(C)C)COP(=O)(O)OCC(O)COP(=O)(O)OC[C@@H](COC(=O)CCCCCCCCCCCCCC(C)C)OC(=O)CCCCCCCCCC(C)C. The predicted octanol–water partition coefficient (Wildman–Crippen LogP) is 19.4. The van der Waals surface area contributed by atoms with Crippen LogP contribution >= 0.6 is 15.6 Å². The average Bonchev–Trinajstić information content (AvgIpc) is 3.67. The molecule has 89 heavy (non-hydrogen) atoms. The monoisotopic (exact) mass is 1310 g/mol. The second-order valence-corrected chi connectivity index (χ2v) is 28.9. The summed E-state index contributed by atoms with van der Waals surface area (Å²) in [7, 11) is -9.91. The van der Waals surface area contributed by atoms with Crippen LogP contribution in [0.5, 0.6) is 0 Å². The Morgan fingerprint density at radius 3 is 0.910 bits per heavy atom. The van der Waals surface area contributed by atoms with Gasteiger partial charge in [0.2, 0.25) is 0 Å². The van der Waals surface area contributed by atoms with Crippen LogP contribution in [0.4, 0.5) is 0 Å². The number of carbonyl (C=O) groups excluding carboxylic acids is 4. The van der Waals surface area contributed by atoms with Crippen LogP contribution in [-0.2, 0) is 65.4 Å². The number of phosphoric acid groups is 2. The van der Waals surface area contributed by atoms with E-state index in [0.717, 1.165) is 115 Å². The molecule has 19 heteroatoms. The lowest BCUT2D eigenvalue weighted by molar-refractivity contribution is -0.161. The van der Waals surface area contributed by atoms with Crippen molar-refractivity contribution in [3.05, 3.63) is 24.3 Å². The summed E-state index contributed by atoms with van der Waals surface area (Å²) in [6, 6.07) is 0. The number of carbonyl (C=O) groups is 4. The van der Waals surface area contributed by atoms with Crippen molar-refractivity contribution in [1.82, 2.24) is 0 Å². The van der Waals surface area contributed by atoms with Gasteiger partial charge in [-0.2, -0.15) is 0 Å². The molecule has 0 aliphatic carbocycles. The van der Waals surface area contributed by atoms with Gasteiger partial charge in [0.1, 0.15) is 19.3 Å². The van der Waals surface area contributed by atoms with Crippen molar-refractivity contribution in [1.29, 1.82) is 0 Å². The lowest BCUT2D eigenvalue weighted by Crippen LogP contribution is -2.30. The van der Waals surface area contributed by atoms with Gasteiger partial charge in [-0.15, -0.1) is 0 Å². The van der Waals surface area contributed by atoms with E-state index in [-0.39, 0.29) is 25.7 Å². The third-order valence-electron chi connectivity index (χ3n) is 15.5. The van der Waals surface area contributed by atoms with Crippen molar-refractivity contribution in [3.63, 3.8) is 0 Å². The van der Waals surface area contributed by atoms with E-state index in [0.29, 0.717) is 37.5 Å². The van der Waals surface area contributed by atoms with Crippen LogP contribution in [0.2, 0.25) is 0 Å². The van der Waals surface area contributed by atoms with Crippen molar-refractivity contribution in [2.24, 2.45) is 17.8 Å². The first-order valence-corrected chi connectivity index (χ1v) is 38.7. The van der Waals surface area contributed by atoms with Crippen molar-refractivity contribution >= 4 is 39.5 Å². The Labute approximate surface area is 542 Å².